The van der Waals surface area contributed by atoms with Crippen LogP contribution in [0.1, 0.15) is 44.9 Å². The molecule has 1 aromatic heterocycles. The van der Waals surface area contributed by atoms with Crippen molar-refractivity contribution >= 4 is 0 Å². The molecule has 21 heavy (non-hydrogen) atoms. The Morgan fingerprint density at radius 1 is 1.10 bits per heavy atom. The summed E-state index contributed by atoms with van der Waals surface area (Å²) in [7, 11) is 0. The molecule has 1 aromatic carbocycles. The maximum Gasteiger partial charge on any atom is 0.257 e. The molecule has 1 heterocycles. The minimum Gasteiger partial charge on any atom is -0.488 e. The summed E-state index contributed by atoms with van der Waals surface area (Å²) in [4.78, 5) is 12.1. The van der Waals surface area contributed by atoms with Crippen LogP contribution in [0.2, 0.25) is 0 Å². The summed E-state index contributed by atoms with van der Waals surface area (Å²) in [5.41, 5.74) is 1.77. The summed E-state index contributed by atoms with van der Waals surface area (Å²) in [5.74, 6) is 0.658. The van der Waals surface area contributed by atoms with Crippen LogP contribution in [-0.2, 0) is 6.61 Å². The van der Waals surface area contributed by atoms with Crippen molar-refractivity contribution < 1.29 is 4.74 Å². The molecule has 0 atom stereocenters. The number of aromatic nitrogens is 1. The van der Waals surface area contributed by atoms with Crippen molar-refractivity contribution in [3.05, 3.63) is 64.1 Å². The number of rotatable bonds is 4. The van der Waals surface area contributed by atoms with Crippen LogP contribution in [0.4, 0.5) is 0 Å². The lowest BCUT2D eigenvalue weighted by molar-refractivity contribution is 0.302. The molecule has 3 heteroatoms. The van der Waals surface area contributed by atoms with Crippen LogP contribution in [0, 0.1) is 6.92 Å². The lowest BCUT2D eigenvalue weighted by atomic mass is 10.2. The standard InChI is InChI=1S/C16H19NO2.C2H6/c1-12(2)17-10-9-15(13(3)16(17)18)19-11-14-7-5-4-6-8-14;1-2/h4-10,12H,11H2,1-3H3;1-2H3. The van der Waals surface area contributed by atoms with Crippen molar-refractivity contribution in [3.63, 3.8) is 0 Å². The maximum absolute atomic E-state index is 12.1. The summed E-state index contributed by atoms with van der Waals surface area (Å²) < 4.78 is 7.44. The van der Waals surface area contributed by atoms with Crippen molar-refractivity contribution in [2.45, 2.75) is 47.3 Å². The van der Waals surface area contributed by atoms with E-state index < -0.39 is 0 Å². The van der Waals surface area contributed by atoms with Gasteiger partial charge in [-0.2, -0.15) is 0 Å². The zero-order chi connectivity index (χ0) is 15.8. The van der Waals surface area contributed by atoms with Crippen LogP contribution in [0.15, 0.2) is 47.4 Å². The summed E-state index contributed by atoms with van der Waals surface area (Å²) in [6.07, 6.45) is 1.79. The van der Waals surface area contributed by atoms with Gasteiger partial charge in [-0.3, -0.25) is 4.79 Å². The molecule has 0 bridgehead atoms. The second-order valence-corrected chi connectivity index (χ2v) is 4.89. The maximum atomic E-state index is 12.1. The fourth-order valence-corrected chi connectivity index (χ4v) is 1.94. The molecule has 2 rings (SSSR count). The Bertz CT molecular complexity index is 600. The van der Waals surface area contributed by atoms with E-state index in [2.05, 4.69) is 0 Å². The fourth-order valence-electron chi connectivity index (χ4n) is 1.94. The number of hydrogen-bond acceptors (Lipinski definition) is 2. The molecule has 114 valence electrons. The summed E-state index contributed by atoms with van der Waals surface area (Å²) >= 11 is 0. The molecule has 0 unspecified atom stereocenters. The van der Waals surface area contributed by atoms with Gasteiger partial charge in [0.25, 0.3) is 5.56 Å². The molecule has 2 aromatic rings. The Morgan fingerprint density at radius 3 is 2.29 bits per heavy atom. The first kappa shape index (κ1) is 17.0. The van der Waals surface area contributed by atoms with Gasteiger partial charge in [0.2, 0.25) is 0 Å². The second kappa shape index (κ2) is 8.30. The van der Waals surface area contributed by atoms with Gasteiger partial charge >= 0.3 is 0 Å². The van der Waals surface area contributed by atoms with E-state index >= 15 is 0 Å². The van der Waals surface area contributed by atoms with Gasteiger partial charge < -0.3 is 9.30 Å². The molecule has 0 aliphatic carbocycles. The van der Waals surface area contributed by atoms with Gasteiger partial charge in [0.05, 0.1) is 5.56 Å². The predicted molar refractivity (Wildman–Crippen MR) is 87.9 cm³/mol. The van der Waals surface area contributed by atoms with Gasteiger partial charge in [0.1, 0.15) is 12.4 Å². The number of hydrogen-bond donors (Lipinski definition) is 0. The van der Waals surface area contributed by atoms with Gasteiger partial charge in [-0.1, -0.05) is 44.2 Å². The monoisotopic (exact) mass is 287 g/mol. The zero-order valence-corrected chi connectivity index (χ0v) is 13.6. The number of nitrogens with zero attached hydrogens (tertiary/aromatic N) is 1. The molecule has 0 saturated carbocycles. The van der Waals surface area contributed by atoms with Crippen LogP contribution in [-0.4, -0.2) is 4.57 Å². The van der Waals surface area contributed by atoms with Gasteiger partial charge in [-0.25, -0.2) is 0 Å². The highest BCUT2D eigenvalue weighted by Crippen LogP contribution is 2.16. The van der Waals surface area contributed by atoms with Crippen molar-refractivity contribution in [3.8, 4) is 5.75 Å². The number of benzene rings is 1. The first-order chi connectivity index (χ1) is 10.1. The summed E-state index contributed by atoms with van der Waals surface area (Å²) in [5, 5.41) is 0. The lowest BCUT2D eigenvalue weighted by Gasteiger charge is -2.14. The van der Waals surface area contributed by atoms with E-state index in [9.17, 15) is 4.79 Å². The van der Waals surface area contributed by atoms with Crippen LogP contribution in [0.5, 0.6) is 5.75 Å². The van der Waals surface area contributed by atoms with Gasteiger partial charge in [-0.15, -0.1) is 0 Å². The van der Waals surface area contributed by atoms with E-state index in [0.29, 0.717) is 17.9 Å². The van der Waals surface area contributed by atoms with Gasteiger partial charge in [0, 0.05) is 12.2 Å². The van der Waals surface area contributed by atoms with Crippen LogP contribution < -0.4 is 10.3 Å². The van der Waals surface area contributed by atoms with E-state index in [1.165, 1.54) is 0 Å². The van der Waals surface area contributed by atoms with E-state index in [1.54, 1.807) is 10.8 Å². The van der Waals surface area contributed by atoms with E-state index in [-0.39, 0.29) is 11.6 Å². The van der Waals surface area contributed by atoms with Crippen molar-refractivity contribution in [1.29, 1.82) is 0 Å². The largest absolute Gasteiger partial charge is 0.488 e. The summed E-state index contributed by atoms with van der Waals surface area (Å²) in [6.45, 7) is 10.3. The first-order valence-corrected chi connectivity index (χ1v) is 7.48. The SMILES string of the molecule is CC.Cc1c(OCc2ccccc2)ccn(C(C)C)c1=O. The van der Waals surface area contributed by atoms with Crippen molar-refractivity contribution in [2.75, 3.05) is 0 Å². The van der Waals surface area contributed by atoms with E-state index in [4.69, 9.17) is 4.74 Å². The fraction of sp³-hybridized carbons (Fsp3) is 0.389. The molecule has 0 amide bonds. The Kier molecular flexibility index (Phi) is 6.73. The third-order valence-corrected chi connectivity index (χ3v) is 3.10. The molecular weight excluding hydrogens is 262 g/mol. The average Bonchev–Trinajstić information content (AvgIpc) is 2.51. The molecular formula is C18H25NO2. The lowest BCUT2D eigenvalue weighted by Crippen LogP contribution is -2.23. The third-order valence-electron chi connectivity index (χ3n) is 3.10. The Balaban J connectivity index is 0.00000106. The quantitative estimate of drug-likeness (QED) is 0.837. The second-order valence-electron chi connectivity index (χ2n) is 4.89. The smallest absolute Gasteiger partial charge is 0.257 e. The minimum atomic E-state index is 0.0144. The topological polar surface area (TPSA) is 31.2 Å². The highest BCUT2D eigenvalue weighted by Gasteiger charge is 2.08. The van der Waals surface area contributed by atoms with Crippen LogP contribution >= 0.6 is 0 Å². The summed E-state index contributed by atoms with van der Waals surface area (Å²) in [6, 6.07) is 12.0. The highest BCUT2D eigenvalue weighted by atomic mass is 16.5. The average molecular weight is 287 g/mol. The van der Waals surface area contributed by atoms with Crippen LogP contribution in [0.25, 0.3) is 0 Å². The molecule has 0 aliphatic heterocycles. The first-order valence-electron chi connectivity index (χ1n) is 7.48. The highest BCUT2D eigenvalue weighted by molar-refractivity contribution is 5.30. The zero-order valence-electron chi connectivity index (χ0n) is 13.6. The Morgan fingerprint density at radius 2 is 1.71 bits per heavy atom. The van der Waals surface area contributed by atoms with Crippen molar-refractivity contribution in [2.24, 2.45) is 0 Å². The molecule has 0 saturated heterocycles. The Labute approximate surface area is 127 Å². The normalized spacial score (nSPS) is 10.0. The molecule has 0 spiro atoms. The molecule has 0 N–H and O–H groups in total. The molecule has 3 nitrogen and oxygen atoms in total. The number of pyridine rings is 1. The minimum absolute atomic E-state index is 0.0144. The molecule has 0 fully saturated rings. The van der Waals surface area contributed by atoms with E-state index in [0.717, 1.165) is 5.56 Å². The Hall–Kier alpha value is -2.03. The van der Waals surface area contributed by atoms with Gasteiger partial charge in [-0.05, 0) is 32.4 Å². The van der Waals surface area contributed by atoms with Crippen molar-refractivity contribution in [1.82, 2.24) is 4.57 Å². The third kappa shape index (κ3) is 4.48. The predicted octanol–water partition coefficient (Wildman–Crippen LogP) is 4.34. The molecule has 0 aliphatic rings. The molecule has 0 radical (unpaired) electrons. The number of ether oxygens (including phenoxy) is 1. The van der Waals surface area contributed by atoms with E-state index in [1.807, 2.05) is 71.0 Å². The van der Waals surface area contributed by atoms with Crippen LogP contribution in [0.3, 0.4) is 0 Å². The van der Waals surface area contributed by atoms with Gasteiger partial charge in [0.15, 0.2) is 0 Å².